The van der Waals surface area contributed by atoms with Crippen LogP contribution in [0.2, 0.25) is 5.02 Å². The third-order valence-corrected chi connectivity index (χ3v) is 4.27. The van der Waals surface area contributed by atoms with Crippen molar-refractivity contribution in [1.29, 1.82) is 0 Å². The van der Waals surface area contributed by atoms with Crippen molar-refractivity contribution in [2.24, 2.45) is 5.92 Å². The Morgan fingerprint density at radius 2 is 1.80 bits per heavy atom. The summed E-state index contributed by atoms with van der Waals surface area (Å²) in [6.45, 7) is 0. The summed E-state index contributed by atoms with van der Waals surface area (Å²) >= 11 is 5.58. The fourth-order valence-corrected chi connectivity index (χ4v) is 2.56. The van der Waals surface area contributed by atoms with Gasteiger partial charge in [0, 0.05) is 11.6 Å². The van der Waals surface area contributed by atoms with Crippen LogP contribution in [-0.4, -0.2) is 16.1 Å². The molecule has 1 aromatic heterocycles. The zero-order valence-electron chi connectivity index (χ0n) is 12.9. The second-order valence-corrected chi connectivity index (χ2v) is 6.15. The van der Waals surface area contributed by atoms with E-state index in [0.717, 1.165) is 31.4 Å². The number of hydrogen-bond acceptors (Lipinski definition) is 4. The number of carbonyl (C=O) groups excluding carboxylic acids is 1. The molecule has 1 heterocycles. The van der Waals surface area contributed by atoms with Crippen molar-refractivity contribution in [3.8, 4) is 0 Å². The number of anilines is 3. The van der Waals surface area contributed by atoms with Gasteiger partial charge in [-0.15, -0.1) is 10.2 Å². The number of amides is 1. The standard InChI is InChI=1S/C16H14ClF3N4O/c17-12-5-4-10(8-11(12)16(18,19)20)21-13-6-7-14(24-23-13)22-15(25)9-2-1-3-9/h4-9H,1-3H2,(H,21,23)(H,22,24,25). The predicted octanol–water partition coefficient (Wildman–Crippen LogP) is 4.63. The van der Waals surface area contributed by atoms with Crippen LogP contribution in [-0.2, 0) is 11.0 Å². The topological polar surface area (TPSA) is 66.9 Å². The molecular weight excluding hydrogens is 357 g/mol. The molecule has 0 radical (unpaired) electrons. The average molecular weight is 371 g/mol. The van der Waals surface area contributed by atoms with E-state index in [2.05, 4.69) is 20.8 Å². The highest BCUT2D eigenvalue weighted by atomic mass is 35.5. The van der Waals surface area contributed by atoms with E-state index in [1.54, 1.807) is 0 Å². The molecule has 1 aromatic carbocycles. The van der Waals surface area contributed by atoms with E-state index in [1.165, 1.54) is 18.2 Å². The third-order valence-electron chi connectivity index (χ3n) is 3.94. The van der Waals surface area contributed by atoms with Gasteiger partial charge in [-0.3, -0.25) is 4.79 Å². The van der Waals surface area contributed by atoms with Crippen LogP contribution in [0.5, 0.6) is 0 Å². The highest BCUT2D eigenvalue weighted by Crippen LogP contribution is 2.36. The summed E-state index contributed by atoms with van der Waals surface area (Å²) in [5.74, 6) is 0.481. The minimum Gasteiger partial charge on any atom is -0.339 e. The Bertz CT molecular complexity index is 776. The lowest BCUT2D eigenvalue weighted by atomic mass is 9.85. The maximum absolute atomic E-state index is 12.9. The zero-order chi connectivity index (χ0) is 18.0. The van der Waals surface area contributed by atoms with E-state index in [-0.39, 0.29) is 28.4 Å². The number of nitrogens with zero attached hydrogens (tertiary/aromatic N) is 2. The Hall–Kier alpha value is -2.35. The van der Waals surface area contributed by atoms with Gasteiger partial charge in [-0.2, -0.15) is 13.2 Å². The minimum absolute atomic E-state index is 0.0226. The SMILES string of the molecule is O=C(Nc1ccc(Nc2ccc(Cl)c(C(F)(F)F)c2)nn1)C1CCC1. The van der Waals surface area contributed by atoms with Gasteiger partial charge in [0.15, 0.2) is 11.6 Å². The largest absolute Gasteiger partial charge is 0.417 e. The number of carbonyl (C=O) groups is 1. The van der Waals surface area contributed by atoms with Crippen molar-refractivity contribution in [2.75, 3.05) is 10.6 Å². The van der Waals surface area contributed by atoms with E-state index in [9.17, 15) is 18.0 Å². The lowest BCUT2D eigenvalue weighted by Crippen LogP contribution is -2.28. The Morgan fingerprint density at radius 1 is 1.12 bits per heavy atom. The van der Waals surface area contributed by atoms with E-state index >= 15 is 0 Å². The normalized spacial score (nSPS) is 14.7. The smallest absolute Gasteiger partial charge is 0.339 e. The number of alkyl halides is 3. The molecule has 1 fully saturated rings. The summed E-state index contributed by atoms with van der Waals surface area (Å²) < 4.78 is 38.6. The maximum atomic E-state index is 12.9. The number of aromatic nitrogens is 2. The van der Waals surface area contributed by atoms with Gasteiger partial charge in [0.05, 0.1) is 10.6 Å². The Kier molecular flexibility index (Phi) is 4.80. The first-order valence-electron chi connectivity index (χ1n) is 7.61. The van der Waals surface area contributed by atoms with E-state index in [4.69, 9.17) is 11.6 Å². The molecule has 2 aromatic rings. The van der Waals surface area contributed by atoms with E-state index < -0.39 is 11.7 Å². The number of nitrogens with one attached hydrogen (secondary N) is 2. The number of hydrogen-bond donors (Lipinski definition) is 2. The molecule has 2 N–H and O–H groups in total. The lowest BCUT2D eigenvalue weighted by Gasteiger charge is -2.23. The molecule has 0 aliphatic heterocycles. The lowest BCUT2D eigenvalue weighted by molar-refractivity contribution is -0.137. The van der Waals surface area contributed by atoms with Crippen molar-refractivity contribution in [3.05, 3.63) is 40.9 Å². The van der Waals surface area contributed by atoms with Gasteiger partial charge < -0.3 is 10.6 Å². The van der Waals surface area contributed by atoms with Crippen molar-refractivity contribution in [1.82, 2.24) is 10.2 Å². The first-order chi connectivity index (χ1) is 11.8. The zero-order valence-corrected chi connectivity index (χ0v) is 13.7. The van der Waals surface area contributed by atoms with Crippen LogP contribution in [0.3, 0.4) is 0 Å². The molecule has 0 spiro atoms. The van der Waals surface area contributed by atoms with Gasteiger partial charge >= 0.3 is 6.18 Å². The van der Waals surface area contributed by atoms with Gasteiger partial charge in [-0.05, 0) is 43.2 Å². The molecule has 1 amide bonds. The molecule has 1 aliphatic rings. The Morgan fingerprint density at radius 3 is 2.36 bits per heavy atom. The summed E-state index contributed by atoms with van der Waals surface area (Å²) in [5, 5.41) is 12.7. The number of rotatable bonds is 4. The van der Waals surface area contributed by atoms with Crippen molar-refractivity contribution < 1.29 is 18.0 Å². The molecule has 25 heavy (non-hydrogen) atoms. The van der Waals surface area contributed by atoms with Gasteiger partial charge in [0.1, 0.15) is 0 Å². The quantitative estimate of drug-likeness (QED) is 0.823. The van der Waals surface area contributed by atoms with E-state index in [0.29, 0.717) is 5.82 Å². The molecule has 5 nitrogen and oxygen atoms in total. The number of halogens is 4. The van der Waals surface area contributed by atoms with Crippen LogP contribution >= 0.6 is 11.6 Å². The third kappa shape index (κ3) is 4.19. The predicted molar refractivity (Wildman–Crippen MR) is 87.7 cm³/mol. The summed E-state index contributed by atoms with van der Waals surface area (Å²) in [5.41, 5.74) is -0.756. The Labute approximate surface area is 146 Å². The molecule has 0 bridgehead atoms. The summed E-state index contributed by atoms with van der Waals surface area (Å²) in [6.07, 6.45) is -1.75. The summed E-state index contributed by atoms with van der Waals surface area (Å²) in [6, 6.07) is 6.52. The average Bonchev–Trinajstić information content (AvgIpc) is 2.48. The van der Waals surface area contributed by atoms with Crippen LogP contribution in [0.25, 0.3) is 0 Å². The second-order valence-electron chi connectivity index (χ2n) is 5.74. The van der Waals surface area contributed by atoms with Gasteiger partial charge in [0.2, 0.25) is 5.91 Å². The van der Waals surface area contributed by atoms with Gasteiger partial charge in [-0.1, -0.05) is 18.0 Å². The number of benzene rings is 1. The minimum atomic E-state index is -4.55. The highest BCUT2D eigenvalue weighted by molar-refractivity contribution is 6.31. The van der Waals surface area contributed by atoms with Crippen molar-refractivity contribution in [3.63, 3.8) is 0 Å². The van der Waals surface area contributed by atoms with Crippen LogP contribution in [0, 0.1) is 5.92 Å². The molecule has 0 unspecified atom stereocenters. The van der Waals surface area contributed by atoms with Crippen LogP contribution in [0.15, 0.2) is 30.3 Å². The fourth-order valence-electron chi connectivity index (χ4n) is 2.33. The molecule has 9 heteroatoms. The molecule has 0 atom stereocenters. The highest BCUT2D eigenvalue weighted by Gasteiger charge is 2.33. The molecule has 1 saturated carbocycles. The van der Waals surface area contributed by atoms with Crippen LogP contribution in [0.4, 0.5) is 30.5 Å². The molecule has 0 saturated heterocycles. The molecule has 1 aliphatic carbocycles. The Balaban J connectivity index is 1.68. The van der Waals surface area contributed by atoms with Crippen molar-refractivity contribution in [2.45, 2.75) is 25.4 Å². The van der Waals surface area contributed by atoms with E-state index in [1.807, 2.05) is 0 Å². The van der Waals surface area contributed by atoms with Gasteiger partial charge in [0.25, 0.3) is 0 Å². The van der Waals surface area contributed by atoms with Crippen molar-refractivity contribution >= 4 is 34.8 Å². The molecular formula is C16H14ClF3N4O. The summed E-state index contributed by atoms with van der Waals surface area (Å²) in [7, 11) is 0. The van der Waals surface area contributed by atoms with Crippen LogP contribution in [0.1, 0.15) is 24.8 Å². The summed E-state index contributed by atoms with van der Waals surface area (Å²) in [4.78, 5) is 11.8. The first kappa shape index (κ1) is 17.5. The monoisotopic (exact) mass is 370 g/mol. The molecule has 132 valence electrons. The maximum Gasteiger partial charge on any atom is 0.417 e. The second kappa shape index (κ2) is 6.87. The fraction of sp³-hybridized carbons (Fsp3) is 0.312. The molecule has 3 rings (SSSR count). The van der Waals surface area contributed by atoms with Gasteiger partial charge in [-0.25, -0.2) is 0 Å². The van der Waals surface area contributed by atoms with Crippen LogP contribution < -0.4 is 10.6 Å². The first-order valence-corrected chi connectivity index (χ1v) is 7.99.